The number of piperazine rings is 1. The predicted molar refractivity (Wildman–Crippen MR) is 80.4 cm³/mol. The Morgan fingerprint density at radius 3 is 2.90 bits per heavy atom. The van der Waals surface area contributed by atoms with Crippen molar-refractivity contribution in [2.24, 2.45) is 0 Å². The second-order valence-corrected chi connectivity index (χ2v) is 5.31. The van der Waals surface area contributed by atoms with E-state index in [1.165, 1.54) is 11.1 Å². The maximum absolute atomic E-state index is 4.37. The van der Waals surface area contributed by atoms with Gasteiger partial charge in [0.1, 0.15) is 0 Å². The molecule has 1 atom stereocenters. The molecular formula is C16H22N4. The van der Waals surface area contributed by atoms with E-state index in [1.54, 1.807) is 0 Å². The Morgan fingerprint density at radius 2 is 2.15 bits per heavy atom. The van der Waals surface area contributed by atoms with Crippen LogP contribution in [0.1, 0.15) is 24.1 Å². The molecule has 1 aromatic carbocycles. The SMILES string of the molecule is CCn1cc(CN2CCNC[C@@H]2c2ccccc2)cn1. The normalized spacial score (nSPS) is 20.1. The Morgan fingerprint density at radius 1 is 1.30 bits per heavy atom. The minimum atomic E-state index is 0.454. The van der Waals surface area contributed by atoms with Crippen molar-refractivity contribution in [3.63, 3.8) is 0 Å². The van der Waals surface area contributed by atoms with Gasteiger partial charge in [0, 0.05) is 50.5 Å². The van der Waals surface area contributed by atoms with Crippen LogP contribution in [0.5, 0.6) is 0 Å². The van der Waals surface area contributed by atoms with Crippen LogP contribution < -0.4 is 5.32 Å². The van der Waals surface area contributed by atoms with Gasteiger partial charge in [0.05, 0.1) is 6.20 Å². The topological polar surface area (TPSA) is 33.1 Å². The van der Waals surface area contributed by atoms with E-state index in [4.69, 9.17) is 0 Å². The standard InChI is InChI=1S/C16H22N4/c1-2-20-13-14(10-18-20)12-19-9-8-17-11-16(19)15-6-4-3-5-7-15/h3-7,10,13,16-17H,2,8-9,11-12H2,1H3/t16-/m1/s1. The lowest BCUT2D eigenvalue weighted by molar-refractivity contribution is 0.153. The Labute approximate surface area is 120 Å². The molecule has 4 nitrogen and oxygen atoms in total. The van der Waals surface area contributed by atoms with Gasteiger partial charge >= 0.3 is 0 Å². The van der Waals surface area contributed by atoms with Gasteiger partial charge in [-0.15, -0.1) is 0 Å². The Balaban J connectivity index is 1.75. The van der Waals surface area contributed by atoms with E-state index in [1.807, 2.05) is 10.9 Å². The van der Waals surface area contributed by atoms with Gasteiger partial charge in [-0.3, -0.25) is 9.58 Å². The van der Waals surface area contributed by atoms with Crippen molar-refractivity contribution in [2.75, 3.05) is 19.6 Å². The molecule has 2 heterocycles. The molecule has 1 saturated heterocycles. The maximum atomic E-state index is 4.37. The number of nitrogens with zero attached hydrogens (tertiary/aromatic N) is 3. The minimum Gasteiger partial charge on any atom is -0.314 e. The van der Waals surface area contributed by atoms with Crippen LogP contribution in [0.3, 0.4) is 0 Å². The molecule has 0 amide bonds. The van der Waals surface area contributed by atoms with Crippen LogP contribution in [0.4, 0.5) is 0 Å². The molecule has 20 heavy (non-hydrogen) atoms. The smallest absolute Gasteiger partial charge is 0.0534 e. The third kappa shape index (κ3) is 2.92. The Kier molecular flexibility index (Phi) is 4.14. The lowest BCUT2D eigenvalue weighted by Gasteiger charge is -2.36. The molecule has 0 bridgehead atoms. The van der Waals surface area contributed by atoms with Gasteiger partial charge in [-0.25, -0.2) is 0 Å². The van der Waals surface area contributed by atoms with E-state index in [-0.39, 0.29) is 0 Å². The largest absolute Gasteiger partial charge is 0.314 e. The van der Waals surface area contributed by atoms with Crippen molar-refractivity contribution in [2.45, 2.75) is 26.1 Å². The van der Waals surface area contributed by atoms with Gasteiger partial charge < -0.3 is 5.32 Å². The predicted octanol–water partition coefficient (Wildman–Crippen LogP) is 2.05. The molecule has 0 unspecified atom stereocenters. The van der Waals surface area contributed by atoms with Crippen LogP contribution in [0.25, 0.3) is 0 Å². The fraction of sp³-hybridized carbons (Fsp3) is 0.438. The number of hydrogen-bond acceptors (Lipinski definition) is 3. The van der Waals surface area contributed by atoms with Crippen molar-refractivity contribution in [3.8, 4) is 0 Å². The van der Waals surface area contributed by atoms with Gasteiger partial charge in [0.2, 0.25) is 0 Å². The lowest BCUT2D eigenvalue weighted by Crippen LogP contribution is -2.45. The molecule has 1 N–H and O–H groups in total. The zero-order valence-corrected chi connectivity index (χ0v) is 12.0. The van der Waals surface area contributed by atoms with Gasteiger partial charge in [-0.2, -0.15) is 5.10 Å². The first-order valence-corrected chi connectivity index (χ1v) is 7.38. The maximum Gasteiger partial charge on any atom is 0.0534 e. The summed E-state index contributed by atoms with van der Waals surface area (Å²) in [6.07, 6.45) is 4.15. The number of nitrogens with one attached hydrogen (secondary N) is 1. The van der Waals surface area contributed by atoms with Crippen LogP contribution in [0, 0.1) is 0 Å². The highest BCUT2D eigenvalue weighted by Crippen LogP contribution is 2.23. The average molecular weight is 270 g/mol. The van der Waals surface area contributed by atoms with Crippen molar-refractivity contribution >= 4 is 0 Å². The molecule has 4 heteroatoms. The Bertz CT molecular complexity index is 534. The monoisotopic (exact) mass is 270 g/mol. The minimum absolute atomic E-state index is 0.454. The summed E-state index contributed by atoms with van der Waals surface area (Å²) in [5.74, 6) is 0. The van der Waals surface area contributed by atoms with Crippen molar-refractivity contribution in [3.05, 3.63) is 53.9 Å². The first-order valence-electron chi connectivity index (χ1n) is 7.38. The highest BCUT2D eigenvalue weighted by atomic mass is 15.3. The molecule has 1 aromatic heterocycles. The van der Waals surface area contributed by atoms with Crippen LogP contribution in [-0.2, 0) is 13.1 Å². The Hall–Kier alpha value is -1.65. The molecule has 0 aliphatic carbocycles. The van der Waals surface area contributed by atoms with Crippen LogP contribution in [0.2, 0.25) is 0 Å². The second-order valence-electron chi connectivity index (χ2n) is 5.31. The summed E-state index contributed by atoms with van der Waals surface area (Å²) in [5, 5.41) is 7.88. The van der Waals surface area contributed by atoms with Crippen LogP contribution >= 0.6 is 0 Å². The van der Waals surface area contributed by atoms with Gasteiger partial charge in [-0.1, -0.05) is 30.3 Å². The number of aryl methyl sites for hydroxylation is 1. The summed E-state index contributed by atoms with van der Waals surface area (Å²) in [6, 6.07) is 11.2. The van der Waals surface area contributed by atoms with E-state index in [9.17, 15) is 0 Å². The fourth-order valence-electron chi connectivity index (χ4n) is 2.83. The van der Waals surface area contributed by atoms with E-state index >= 15 is 0 Å². The van der Waals surface area contributed by atoms with Crippen molar-refractivity contribution in [1.82, 2.24) is 20.0 Å². The summed E-state index contributed by atoms with van der Waals surface area (Å²) >= 11 is 0. The molecule has 0 saturated carbocycles. The highest BCUT2D eigenvalue weighted by molar-refractivity contribution is 5.20. The zero-order chi connectivity index (χ0) is 13.8. The number of aromatic nitrogens is 2. The number of benzene rings is 1. The molecule has 1 aliphatic heterocycles. The van der Waals surface area contributed by atoms with Crippen molar-refractivity contribution in [1.29, 1.82) is 0 Å². The van der Waals surface area contributed by atoms with E-state index in [0.29, 0.717) is 6.04 Å². The summed E-state index contributed by atoms with van der Waals surface area (Å²) in [4.78, 5) is 2.54. The summed E-state index contributed by atoms with van der Waals surface area (Å²) in [5.41, 5.74) is 2.69. The quantitative estimate of drug-likeness (QED) is 0.923. The average Bonchev–Trinajstić information content (AvgIpc) is 2.96. The molecule has 1 fully saturated rings. The second kappa shape index (κ2) is 6.20. The van der Waals surface area contributed by atoms with E-state index < -0.39 is 0 Å². The molecule has 0 spiro atoms. The van der Waals surface area contributed by atoms with Crippen LogP contribution in [0.15, 0.2) is 42.7 Å². The third-order valence-corrected chi connectivity index (χ3v) is 3.93. The summed E-state index contributed by atoms with van der Waals surface area (Å²) in [7, 11) is 0. The molecule has 3 rings (SSSR count). The van der Waals surface area contributed by atoms with Gasteiger partial charge in [0.25, 0.3) is 0 Å². The number of rotatable bonds is 4. The number of hydrogen-bond donors (Lipinski definition) is 1. The molecular weight excluding hydrogens is 248 g/mol. The molecule has 106 valence electrons. The summed E-state index contributed by atoms with van der Waals surface area (Å²) in [6.45, 7) is 7.19. The fourth-order valence-corrected chi connectivity index (χ4v) is 2.83. The zero-order valence-electron chi connectivity index (χ0n) is 12.0. The first kappa shape index (κ1) is 13.3. The highest BCUT2D eigenvalue weighted by Gasteiger charge is 2.23. The van der Waals surface area contributed by atoms with Gasteiger partial charge in [0.15, 0.2) is 0 Å². The van der Waals surface area contributed by atoms with Crippen molar-refractivity contribution < 1.29 is 0 Å². The third-order valence-electron chi connectivity index (χ3n) is 3.93. The summed E-state index contributed by atoms with van der Waals surface area (Å²) < 4.78 is 2.00. The lowest BCUT2D eigenvalue weighted by atomic mass is 10.0. The van der Waals surface area contributed by atoms with Gasteiger partial charge in [-0.05, 0) is 12.5 Å². The van der Waals surface area contributed by atoms with E-state index in [2.05, 4.69) is 58.8 Å². The first-order chi connectivity index (χ1) is 9.86. The molecule has 2 aromatic rings. The molecule has 0 radical (unpaired) electrons. The van der Waals surface area contributed by atoms with Crippen LogP contribution in [-0.4, -0.2) is 34.3 Å². The molecule has 1 aliphatic rings. The van der Waals surface area contributed by atoms with E-state index in [0.717, 1.165) is 32.7 Å².